The number of furan rings is 1. The van der Waals surface area contributed by atoms with Crippen LogP contribution in [-0.4, -0.2) is 34.4 Å². The summed E-state index contributed by atoms with van der Waals surface area (Å²) in [5.41, 5.74) is 3.80. The van der Waals surface area contributed by atoms with Crippen LogP contribution in [0.2, 0.25) is 0 Å². The molecule has 1 unspecified atom stereocenters. The van der Waals surface area contributed by atoms with E-state index in [4.69, 9.17) is 4.42 Å². The average Bonchev–Trinajstić information content (AvgIpc) is 3.58. The molecule has 2 aromatic heterocycles. The first-order valence-corrected chi connectivity index (χ1v) is 11.7. The van der Waals surface area contributed by atoms with Gasteiger partial charge in [-0.3, -0.25) is 14.5 Å². The lowest BCUT2D eigenvalue weighted by atomic mass is 9.97. The monoisotopic (exact) mass is 453 g/mol. The summed E-state index contributed by atoms with van der Waals surface area (Å²) in [6.45, 7) is 2.53. The third-order valence-corrected chi connectivity index (χ3v) is 6.23. The molecule has 172 valence electrons. The van der Waals surface area contributed by atoms with Crippen LogP contribution in [0.3, 0.4) is 0 Å². The largest absolute Gasteiger partial charge is 0.459 e. The van der Waals surface area contributed by atoms with E-state index < -0.39 is 0 Å². The summed E-state index contributed by atoms with van der Waals surface area (Å²) in [6, 6.07) is 25.0. The number of nitrogens with zero attached hydrogens (tertiary/aromatic N) is 3. The molecule has 5 rings (SSSR count). The molecular formula is C28H27N3O3. The second kappa shape index (κ2) is 9.43. The van der Waals surface area contributed by atoms with E-state index in [2.05, 4.69) is 17.6 Å². The van der Waals surface area contributed by atoms with Gasteiger partial charge in [-0.1, -0.05) is 55.8 Å². The Morgan fingerprint density at radius 2 is 1.68 bits per heavy atom. The number of rotatable bonds is 7. The Hall–Kier alpha value is -4.06. The van der Waals surface area contributed by atoms with Crippen molar-refractivity contribution < 1.29 is 14.0 Å². The molecule has 6 nitrogen and oxygen atoms in total. The smallest absolute Gasteiger partial charge is 0.290 e. The van der Waals surface area contributed by atoms with Crippen LogP contribution in [0.5, 0.6) is 0 Å². The zero-order valence-corrected chi connectivity index (χ0v) is 19.1. The Labute approximate surface area is 199 Å². The summed E-state index contributed by atoms with van der Waals surface area (Å²) < 4.78 is 7.49. The second-order valence-corrected chi connectivity index (χ2v) is 8.43. The van der Waals surface area contributed by atoms with Crippen molar-refractivity contribution in [2.75, 3.05) is 18.0 Å². The van der Waals surface area contributed by atoms with Crippen molar-refractivity contribution in [3.8, 4) is 5.69 Å². The van der Waals surface area contributed by atoms with Gasteiger partial charge in [-0.2, -0.15) is 0 Å². The van der Waals surface area contributed by atoms with Gasteiger partial charge in [0.1, 0.15) is 12.6 Å². The van der Waals surface area contributed by atoms with Crippen LogP contribution < -0.4 is 4.90 Å². The lowest BCUT2D eigenvalue weighted by molar-refractivity contribution is -0.119. The molecule has 0 saturated carbocycles. The maximum Gasteiger partial charge on any atom is 0.290 e. The van der Waals surface area contributed by atoms with E-state index in [9.17, 15) is 9.59 Å². The molecule has 0 spiro atoms. The number of aromatic nitrogens is 1. The quantitative estimate of drug-likeness (QED) is 0.374. The minimum Gasteiger partial charge on any atom is -0.459 e. The highest BCUT2D eigenvalue weighted by molar-refractivity contribution is 6.02. The fourth-order valence-electron chi connectivity index (χ4n) is 4.61. The van der Waals surface area contributed by atoms with Gasteiger partial charge in [0.15, 0.2) is 5.76 Å². The lowest BCUT2D eigenvalue weighted by Gasteiger charge is -2.39. The Bertz CT molecular complexity index is 1280. The van der Waals surface area contributed by atoms with Crippen molar-refractivity contribution in [1.29, 1.82) is 0 Å². The predicted molar refractivity (Wildman–Crippen MR) is 131 cm³/mol. The number of amides is 2. The highest BCUT2D eigenvalue weighted by Crippen LogP contribution is 2.42. The molecule has 0 fully saturated rings. The van der Waals surface area contributed by atoms with Crippen LogP contribution in [0.1, 0.15) is 47.6 Å². The van der Waals surface area contributed by atoms with Crippen molar-refractivity contribution in [3.05, 3.63) is 108 Å². The number of hydrogen-bond donors (Lipinski definition) is 0. The van der Waals surface area contributed by atoms with E-state index in [-0.39, 0.29) is 30.2 Å². The zero-order valence-electron chi connectivity index (χ0n) is 19.1. The second-order valence-electron chi connectivity index (χ2n) is 8.43. The van der Waals surface area contributed by atoms with Gasteiger partial charge >= 0.3 is 0 Å². The predicted octanol–water partition coefficient (Wildman–Crippen LogP) is 5.45. The minimum absolute atomic E-state index is 0.0299. The molecule has 1 aliphatic rings. The number of fused-ring (bicyclic) bond motifs is 3. The molecule has 0 radical (unpaired) electrons. The lowest BCUT2D eigenvalue weighted by Crippen LogP contribution is -2.47. The van der Waals surface area contributed by atoms with Gasteiger partial charge < -0.3 is 13.9 Å². The molecule has 0 N–H and O–H groups in total. The number of benzene rings is 2. The molecule has 2 aromatic carbocycles. The average molecular weight is 454 g/mol. The molecule has 0 aliphatic carbocycles. The molecule has 34 heavy (non-hydrogen) atoms. The summed E-state index contributed by atoms with van der Waals surface area (Å²) in [5, 5.41) is 0. The summed E-state index contributed by atoms with van der Waals surface area (Å²) >= 11 is 0. The SMILES string of the molecule is CCCCN(CC(=O)N1c2ccccc2-n2cccc2C1c1ccccc1)C(=O)c1ccco1. The fourth-order valence-corrected chi connectivity index (χ4v) is 4.61. The third kappa shape index (κ3) is 3.92. The Balaban J connectivity index is 1.55. The maximum atomic E-state index is 14.0. The highest BCUT2D eigenvalue weighted by Gasteiger charge is 2.37. The van der Waals surface area contributed by atoms with Crippen molar-refractivity contribution in [3.63, 3.8) is 0 Å². The number of unbranched alkanes of at least 4 members (excludes halogenated alkanes) is 1. The van der Waals surface area contributed by atoms with Gasteiger partial charge in [0.25, 0.3) is 5.91 Å². The Morgan fingerprint density at radius 1 is 0.912 bits per heavy atom. The van der Waals surface area contributed by atoms with Crippen molar-refractivity contribution in [2.45, 2.75) is 25.8 Å². The van der Waals surface area contributed by atoms with E-state index in [1.54, 1.807) is 17.0 Å². The highest BCUT2D eigenvalue weighted by atomic mass is 16.3. The third-order valence-electron chi connectivity index (χ3n) is 6.23. The minimum atomic E-state index is -0.301. The van der Waals surface area contributed by atoms with Gasteiger partial charge in [-0.15, -0.1) is 0 Å². The molecule has 1 atom stereocenters. The van der Waals surface area contributed by atoms with Crippen molar-refractivity contribution in [2.24, 2.45) is 0 Å². The fraction of sp³-hybridized carbons (Fsp3) is 0.214. The summed E-state index contributed by atoms with van der Waals surface area (Å²) in [5.74, 6) is -0.155. The van der Waals surface area contributed by atoms with Crippen molar-refractivity contribution >= 4 is 17.5 Å². The molecule has 4 aromatic rings. The summed E-state index contributed by atoms with van der Waals surface area (Å²) in [6.07, 6.45) is 5.23. The van der Waals surface area contributed by atoms with Gasteiger partial charge in [-0.25, -0.2) is 0 Å². The van der Waals surface area contributed by atoms with Gasteiger partial charge in [-0.05, 0) is 48.4 Å². The van der Waals surface area contributed by atoms with E-state index in [0.29, 0.717) is 6.54 Å². The molecular weight excluding hydrogens is 426 g/mol. The van der Waals surface area contributed by atoms with E-state index in [1.165, 1.54) is 6.26 Å². The maximum absolute atomic E-state index is 14.0. The van der Waals surface area contributed by atoms with Gasteiger partial charge in [0.05, 0.1) is 23.3 Å². The first-order chi connectivity index (χ1) is 16.7. The Morgan fingerprint density at radius 3 is 2.41 bits per heavy atom. The van der Waals surface area contributed by atoms with Gasteiger partial charge in [0.2, 0.25) is 5.91 Å². The van der Waals surface area contributed by atoms with E-state index in [0.717, 1.165) is 35.5 Å². The van der Waals surface area contributed by atoms with E-state index >= 15 is 0 Å². The summed E-state index contributed by atoms with van der Waals surface area (Å²) in [7, 11) is 0. The molecule has 2 amide bonds. The number of carbonyl (C=O) groups excluding carboxylic acids is 2. The summed E-state index contributed by atoms with van der Waals surface area (Å²) in [4.78, 5) is 30.6. The molecule has 3 heterocycles. The first-order valence-electron chi connectivity index (χ1n) is 11.7. The van der Waals surface area contributed by atoms with Gasteiger partial charge in [0, 0.05) is 12.7 Å². The van der Waals surface area contributed by atoms with Crippen LogP contribution in [-0.2, 0) is 4.79 Å². The molecule has 1 aliphatic heterocycles. The zero-order chi connectivity index (χ0) is 23.5. The van der Waals surface area contributed by atoms with Crippen molar-refractivity contribution in [1.82, 2.24) is 9.47 Å². The molecule has 6 heteroatoms. The van der Waals surface area contributed by atoms with Crippen LogP contribution in [0.25, 0.3) is 5.69 Å². The Kier molecular flexibility index (Phi) is 6.04. The standard InChI is InChI=1S/C28H27N3O3/c1-2-3-17-29(28(33)25-16-10-19-34-25)20-26(32)31-23-14-8-7-13-22(23)30-18-9-15-24(30)27(31)21-11-5-4-6-12-21/h4-16,18-19,27H,2-3,17,20H2,1H3. The van der Waals surface area contributed by atoms with Crippen LogP contribution in [0.15, 0.2) is 95.7 Å². The van der Waals surface area contributed by atoms with Crippen LogP contribution >= 0.6 is 0 Å². The van der Waals surface area contributed by atoms with Crippen LogP contribution in [0.4, 0.5) is 5.69 Å². The van der Waals surface area contributed by atoms with E-state index in [1.807, 2.05) is 71.8 Å². The molecule has 0 bridgehead atoms. The topological polar surface area (TPSA) is 58.7 Å². The number of anilines is 1. The van der Waals surface area contributed by atoms with Crippen LogP contribution in [0, 0.1) is 0 Å². The first kappa shape index (κ1) is 21.8. The molecule has 0 saturated heterocycles. The number of carbonyl (C=O) groups is 2. The number of hydrogen-bond acceptors (Lipinski definition) is 3. The normalized spacial score (nSPS) is 14.4. The number of para-hydroxylation sites is 2.